The lowest BCUT2D eigenvalue weighted by Gasteiger charge is -1.88. The van der Waals surface area contributed by atoms with Crippen LogP contribution in [0.3, 0.4) is 0 Å². The van der Waals surface area contributed by atoms with Gasteiger partial charge in [0.15, 0.2) is 0 Å². The van der Waals surface area contributed by atoms with E-state index in [1.165, 1.54) is 0 Å². The van der Waals surface area contributed by atoms with Gasteiger partial charge in [0.05, 0.1) is 0 Å². The van der Waals surface area contributed by atoms with Crippen molar-refractivity contribution in [2.75, 3.05) is 0 Å². The van der Waals surface area contributed by atoms with Gasteiger partial charge in [0, 0.05) is 12.8 Å². The molecule has 0 aromatic carbocycles. The molecule has 0 heterocycles. The van der Waals surface area contributed by atoms with Crippen molar-refractivity contribution < 1.29 is 14.7 Å². The Morgan fingerprint density at radius 3 is 2.08 bits per heavy atom. The number of carbonyl (C=O) groups excluding carboxylic acids is 1. The molecule has 3 nitrogen and oxygen atoms in total. The van der Waals surface area contributed by atoms with Crippen LogP contribution in [-0.4, -0.2) is 16.3 Å². The van der Waals surface area contributed by atoms with Crippen molar-refractivity contribution in [3.63, 3.8) is 0 Å². The Hall–Kier alpha value is -0.830. The predicted octanol–water partition coefficient (Wildman–Crippen LogP) is 1.95. The first-order valence-electron chi connectivity index (χ1n) is 3.68. The van der Waals surface area contributed by atoms with E-state index in [9.17, 15) is 9.59 Å². The van der Waals surface area contributed by atoms with E-state index in [0.717, 1.165) is 0 Å². The van der Waals surface area contributed by atoms with Gasteiger partial charge in [-0.1, -0.05) is 12.2 Å². The number of carboxylic acid groups (broad SMARTS) is 1. The summed E-state index contributed by atoms with van der Waals surface area (Å²) >= 11 is 5.07. The van der Waals surface area contributed by atoms with Gasteiger partial charge in [0.1, 0.15) is 0 Å². The maximum atomic E-state index is 10.2. The molecule has 1 N–H and O–H groups in total. The molecule has 0 saturated carbocycles. The molecule has 68 valence electrons. The number of aliphatic carboxylic acids is 1. The molecule has 0 fully saturated rings. The molecule has 0 unspecified atom stereocenters. The lowest BCUT2D eigenvalue weighted by atomic mass is 10.2. The van der Waals surface area contributed by atoms with Crippen LogP contribution in [0, 0.1) is 0 Å². The molecule has 0 saturated heterocycles. The SMILES string of the molecule is O=C(O)CC/C=C/CCC(=O)Cl. The zero-order chi connectivity index (χ0) is 9.40. The van der Waals surface area contributed by atoms with Gasteiger partial charge >= 0.3 is 5.97 Å². The van der Waals surface area contributed by atoms with Crippen molar-refractivity contribution in [3.8, 4) is 0 Å². The van der Waals surface area contributed by atoms with Crippen LogP contribution >= 0.6 is 11.6 Å². The Morgan fingerprint density at radius 1 is 1.17 bits per heavy atom. The first-order chi connectivity index (χ1) is 5.63. The van der Waals surface area contributed by atoms with Crippen LogP contribution in [0.5, 0.6) is 0 Å². The summed E-state index contributed by atoms with van der Waals surface area (Å²) < 4.78 is 0. The van der Waals surface area contributed by atoms with Gasteiger partial charge in [-0.25, -0.2) is 0 Å². The molecule has 0 aliphatic heterocycles. The lowest BCUT2D eigenvalue weighted by molar-refractivity contribution is -0.136. The topological polar surface area (TPSA) is 54.4 Å². The van der Waals surface area contributed by atoms with E-state index >= 15 is 0 Å². The minimum atomic E-state index is -0.812. The molecular weight excluding hydrogens is 180 g/mol. The highest BCUT2D eigenvalue weighted by Gasteiger charge is 1.93. The molecule has 0 rings (SSSR count). The average molecular weight is 191 g/mol. The van der Waals surface area contributed by atoms with Gasteiger partial charge in [-0.2, -0.15) is 0 Å². The third-order valence-corrected chi connectivity index (χ3v) is 1.39. The lowest BCUT2D eigenvalue weighted by Crippen LogP contribution is -1.91. The quantitative estimate of drug-likeness (QED) is 0.515. The van der Waals surface area contributed by atoms with Crippen molar-refractivity contribution in [1.82, 2.24) is 0 Å². The van der Waals surface area contributed by atoms with Crippen molar-refractivity contribution >= 4 is 22.8 Å². The Balaban J connectivity index is 3.26. The second-order valence-electron chi connectivity index (χ2n) is 2.30. The van der Waals surface area contributed by atoms with E-state index in [4.69, 9.17) is 16.7 Å². The fraction of sp³-hybridized carbons (Fsp3) is 0.500. The van der Waals surface area contributed by atoms with E-state index in [1.807, 2.05) is 0 Å². The van der Waals surface area contributed by atoms with Crippen molar-refractivity contribution in [3.05, 3.63) is 12.2 Å². The summed E-state index contributed by atoms with van der Waals surface area (Å²) in [5, 5.41) is 7.89. The molecule has 0 amide bonds. The molecule has 4 heteroatoms. The van der Waals surface area contributed by atoms with Crippen molar-refractivity contribution in [2.24, 2.45) is 0 Å². The molecular formula is C8H11ClO3. The van der Waals surface area contributed by atoms with Crippen LogP contribution in [0.1, 0.15) is 25.7 Å². The maximum Gasteiger partial charge on any atom is 0.303 e. The smallest absolute Gasteiger partial charge is 0.303 e. The largest absolute Gasteiger partial charge is 0.481 e. The fourth-order valence-corrected chi connectivity index (χ4v) is 0.748. The summed E-state index contributed by atoms with van der Waals surface area (Å²) in [6.45, 7) is 0. The minimum Gasteiger partial charge on any atom is -0.481 e. The molecule has 0 radical (unpaired) electrons. The van der Waals surface area contributed by atoms with Gasteiger partial charge in [-0.05, 0) is 24.4 Å². The van der Waals surface area contributed by atoms with Gasteiger partial charge in [-0.3, -0.25) is 9.59 Å². The molecule has 12 heavy (non-hydrogen) atoms. The van der Waals surface area contributed by atoms with E-state index < -0.39 is 5.97 Å². The summed E-state index contributed by atoms with van der Waals surface area (Å²) in [6.07, 6.45) is 5.04. The summed E-state index contributed by atoms with van der Waals surface area (Å²) in [5.41, 5.74) is 0. The number of rotatable bonds is 6. The van der Waals surface area contributed by atoms with E-state index in [1.54, 1.807) is 12.2 Å². The summed E-state index contributed by atoms with van der Waals surface area (Å²) in [5.74, 6) is -0.812. The number of carboxylic acids is 1. The summed E-state index contributed by atoms with van der Waals surface area (Å²) in [6, 6.07) is 0. The first kappa shape index (κ1) is 11.2. The summed E-state index contributed by atoms with van der Waals surface area (Å²) in [7, 11) is 0. The number of halogens is 1. The Morgan fingerprint density at radius 2 is 1.67 bits per heavy atom. The highest BCUT2D eigenvalue weighted by Crippen LogP contribution is 1.98. The van der Waals surface area contributed by atoms with Gasteiger partial charge in [-0.15, -0.1) is 0 Å². The number of hydrogen-bond donors (Lipinski definition) is 1. The molecule has 0 aliphatic carbocycles. The minimum absolute atomic E-state index is 0.130. The maximum absolute atomic E-state index is 10.2. The van der Waals surface area contributed by atoms with Gasteiger partial charge in [0.25, 0.3) is 0 Å². The van der Waals surface area contributed by atoms with Crippen molar-refractivity contribution in [1.29, 1.82) is 0 Å². The van der Waals surface area contributed by atoms with Gasteiger partial charge in [0.2, 0.25) is 5.24 Å². The van der Waals surface area contributed by atoms with Gasteiger partial charge < -0.3 is 5.11 Å². The standard InChI is InChI=1S/C8H11ClO3/c9-7(10)5-3-1-2-4-6-8(11)12/h1-2H,3-6H2,(H,11,12)/b2-1+. The van der Waals surface area contributed by atoms with E-state index in [2.05, 4.69) is 0 Å². The number of carbonyl (C=O) groups is 2. The number of hydrogen-bond acceptors (Lipinski definition) is 2. The zero-order valence-corrected chi connectivity index (χ0v) is 7.38. The molecule has 0 aromatic heterocycles. The van der Waals surface area contributed by atoms with E-state index in [-0.39, 0.29) is 11.7 Å². The molecule has 0 bridgehead atoms. The van der Waals surface area contributed by atoms with Crippen LogP contribution in [0.25, 0.3) is 0 Å². The average Bonchev–Trinajstić information content (AvgIpc) is 1.95. The zero-order valence-electron chi connectivity index (χ0n) is 6.62. The van der Waals surface area contributed by atoms with Crippen molar-refractivity contribution in [2.45, 2.75) is 25.7 Å². The van der Waals surface area contributed by atoms with Crippen LogP contribution in [0.15, 0.2) is 12.2 Å². The Labute approximate surface area is 76.0 Å². The third-order valence-electron chi connectivity index (χ3n) is 1.20. The Bertz CT molecular complexity index is 167. The number of allylic oxidation sites excluding steroid dienone is 2. The monoisotopic (exact) mass is 190 g/mol. The fourth-order valence-electron chi connectivity index (χ4n) is 0.639. The molecule has 0 spiro atoms. The van der Waals surface area contributed by atoms with Crippen LogP contribution in [0.2, 0.25) is 0 Å². The van der Waals surface area contributed by atoms with E-state index in [0.29, 0.717) is 19.3 Å². The highest BCUT2D eigenvalue weighted by atomic mass is 35.5. The third kappa shape index (κ3) is 9.17. The molecule has 0 atom stereocenters. The second-order valence-corrected chi connectivity index (χ2v) is 2.72. The summed E-state index contributed by atoms with van der Waals surface area (Å²) in [4.78, 5) is 20.3. The van der Waals surface area contributed by atoms with Crippen LogP contribution in [-0.2, 0) is 9.59 Å². The second kappa shape index (κ2) is 6.85. The predicted molar refractivity (Wildman–Crippen MR) is 46.1 cm³/mol. The first-order valence-corrected chi connectivity index (χ1v) is 4.06. The molecule has 0 aromatic rings. The molecule has 0 aliphatic rings. The Kier molecular flexibility index (Phi) is 6.38. The highest BCUT2D eigenvalue weighted by molar-refractivity contribution is 6.63. The van der Waals surface area contributed by atoms with Crippen LogP contribution in [0.4, 0.5) is 0 Å². The normalized spacial score (nSPS) is 10.4. The van der Waals surface area contributed by atoms with Crippen LogP contribution < -0.4 is 0 Å².